The number of quaternary nitrogens is 2. The maximum atomic E-state index is 5.72. The zero-order chi connectivity index (χ0) is 17.2. The van der Waals surface area contributed by atoms with Crippen molar-refractivity contribution in [2.24, 2.45) is 0 Å². The van der Waals surface area contributed by atoms with Crippen molar-refractivity contribution in [3.63, 3.8) is 0 Å². The monoisotopic (exact) mass is 346 g/mol. The molecule has 1 fully saturated rings. The molecule has 6 nitrogen and oxygen atoms in total. The highest BCUT2D eigenvalue weighted by atomic mass is 16.7. The van der Waals surface area contributed by atoms with E-state index in [1.807, 2.05) is 0 Å². The van der Waals surface area contributed by atoms with Crippen molar-refractivity contribution < 1.29 is 28.7 Å². The summed E-state index contributed by atoms with van der Waals surface area (Å²) >= 11 is 0. The van der Waals surface area contributed by atoms with E-state index in [0.717, 1.165) is 63.1 Å². The first-order valence-electron chi connectivity index (χ1n) is 8.99. The van der Waals surface area contributed by atoms with Gasteiger partial charge in [0.2, 0.25) is 12.5 Å². The zero-order valence-corrected chi connectivity index (χ0v) is 14.9. The quantitative estimate of drug-likeness (QED) is 0.637. The maximum Gasteiger partial charge on any atom is 0.231 e. The smallest absolute Gasteiger partial charge is 0.231 e. The zero-order valence-electron chi connectivity index (χ0n) is 14.9. The average Bonchev–Trinajstić information content (AvgIpc) is 3.11. The molecule has 25 heavy (non-hydrogen) atoms. The summed E-state index contributed by atoms with van der Waals surface area (Å²) in [6.45, 7) is 5.95. The van der Waals surface area contributed by atoms with Crippen LogP contribution in [0.2, 0.25) is 0 Å². The molecule has 4 rings (SSSR count). The lowest BCUT2D eigenvalue weighted by Crippen LogP contribution is -3.14. The normalized spacial score (nSPS) is 25.0. The number of ether oxygens (including phenoxy) is 4. The summed E-state index contributed by atoms with van der Waals surface area (Å²) in [6, 6.07) is 2.21. The molecule has 0 radical (unpaired) electrons. The standard InChI is InChI=1S/C19H24N2O4/c1-20-7-5-14-12-16-18(25-13-24-16)19(22-2)17(14)15(20)4-3-6-21-8-10-23-11-9-21/h12,15H,5-11,13H2,1-2H3/p+2/t15-/m0/s1. The molecule has 6 heteroatoms. The van der Waals surface area contributed by atoms with Crippen molar-refractivity contribution >= 4 is 0 Å². The highest BCUT2D eigenvalue weighted by molar-refractivity contribution is 5.62. The lowest BCUT2D eigenvalue weighted by molar-refractivity contribution is -0.906. The van der Waals surface area contributed by atoms with E-state index in [1.165, 1.54) is 20.9 Å². The highest BCUT2D eigenvalue weighted by Crippen LogP contribution is 2.47. The minimum Gasteiger partial charge on any atom is -0.492 e. The van der Waals surface area contributed by atoms with E-state index in [4.69, 9.17) is 18.9 Å². The van der Waals surface area contributed by atoms with Gasteiger partial charge >= 0.3 is 0 Å². The van der Waals surface area contributed by atoms with Gasteiger partial charge in [0.15, 0.2) is 17.5 Å². The predicted octanol–water partition coefficient (Wildman–Crippen LogP) is -1.55. The fraction of sp³-hybridized carbons (Fsp3) is 0.579. The Morgan fingerprint density at radius 1 is 1.24 bits per heavy atom. The van der Waals surface area contributed by atoms with Crippen LogP contribution < -0.4 is 24.0 Å². The molecule has 134 valence electrons. The lowest BCUT2D eigenvalue weighted by Gasteiger charge is -2.30. The fourth-order valence-corrected chi connectivity index (χ4v) is 3.84. The summed E-state index contributed by atoms with van der Waals surface area (Å²) in [5.74, 6) is 9.25. The molecule has 0 aliphatic carbocycles. The predicted molar refractivity (Wildman–Crippen MR) is 91.5 cm³/mol. The van der Waals surface area contributed by atoms with Crippen LogP contribution in [0.4, 0.5) is 0 Å². The van der Waals surface area contributed by atoms with Gasteiger partial charge in [0, 0.05) is 6.42 Å². The second kappa shape index (κ2) is 7.12. The first-order valence-corrected chi connectivity index (χ1v) is 8.99. The van der Waals surface area contributed by atoms with Crippen molar-refractivity contribution in [2.45, 2.75) is 12.5 Å². The van der Waals surface area contributed by atoms with E-state index in [0.29, 0.717) is 0 Å². The van der Waals surface area contributed by atoms with Crippen LogP contribution in [-0.2, 0) is 11.2 Å². The van der Waals surface area contributed by atoms with Gasteiger partial charge in [-0.2, -0.15) is 0 Å². The van der Waals surface area contributed by atoms with Crippen molar-refractivity contribution in [3.05, 3.63) is 17.2 Å². The molecule has 1 saturated heterocycles. The molecule has 1 unspecified atom stereocenters. The topological polar surface area (TPSA) is 45.8 Å². The molecule has 3 heterocycles. The number of rotatable bonds is 2. The van der Waals surface area contributed by atoms with Gasteiger partial charge in [-0.3, -0.25) is 0 Å². The third kappa shape index (κ3) is 3.15. The van der Waals surface area contributed by atoms with Gasteiger partial charge in [-0.15, -0.1) is 0 Å². The molecule has 1 aromatic carbocycles. The molecular formula is C19H26N2O4+2. The van der Waals surface area contributed by atoms with Crippen LogP contribution in [0.25, 0.3) is 0 Å². The Kier molecular flexibility index (Phi) is 4.71. The van der Waals surface area contributed by atoms with Crippen molar-refractivity contribution in [3.8, 4) is 29.1 Å². The minimum atomic E-state index is 0.105. The van der Waals surface area contributed by atoms with E-state index >= 15 is 0 Å². The second-order valence-corrected chi connectivity index (χ2v) is 6.86. The summed E-state index contributed by atoms with van der Waals surface area (Å²) in [4.78, 5) is 2.90. The molecule has 2 atom stereocenters. The van der Waals surface area contributed by atoms with Gasteiger partial charge in [0.05, 0.1) is 39.5 Å². The van der Waals surface area contributed by atoms with Crippen LogP contribution in [0.5, 0.6) is 17.2 Å². The Morgan fingerprint density at radius 2 is 2.08 bits per heavy atom. The number of benzene rings is 1. The minimum absolute atomic E-state index is 0.105. The van der Waals surface area contributed by atoms with E-state index in [-0.39, 0.29) is 12.8 Å². The summed E-state index contributed by atoms with van der Waals surface area (Å²) in [7, 11) is 3.90. The van der Waals surface area contributed by atoms with E-state index in [2.05, 4.69) is 25.0 Å². The summed E-state index contributed by atoms with van der Waals surface area (Å²) < 4.78 is 22.4. The molecule has 1 aromatic rings. The summed E-state index contributed by atoms with van der Waals surface area (Å²) in [5.41, 5.74) is 2.43. The van der Waals surface area contributed by atoms with Crippen LogP contribution in [0.15, 0.2) is 6.07 Å². The Morgan fingerprint density at radius 3 is 2.88 bits per heavy atom. The Labute approximate surface area is 148 Å². The van der Waals surface area contributed by atoms with Gasteiger partial charge < -0.3 is 28.7 Å². The second-order valence-electron chi connectivity index (χ2n) is 6.86. The third-order valence-electron chi connectivity index (χ3n) is 5.30. The van der Waals surface area contributed by atoms with Gasteiger partial charge in [-0.05, 0) is 23.5 Å². The summed E-state index contributed by atoms with van der Waals surface area (Å²) in [5, 5.41) is 0. The molecule has 0 aromatic heterocycles. The number of morpholine rings is 1. The van der Waals surface area contributed by atoms with Crippen molar-refractivity contribution in [1.82, 2.24) is 0 Å². The number of fused-ring (bicyclic) bond motifs is 2. The fourth-order valence-electron chi connectivity index (χ4n) is 3.84. The number of hydrogen-bond donors (Lipinski definition) is 2. The van der Waals surface area contributed by atoms with E-state index in [1.54, 1.807) is 7.11 Å². The number of likely N-dealkylation sites (N-methyl/N-ethyl adjacent to an activating group) is 1. The van der Waals surface area contributed by atoms with Gasteiger partial charge in [0.1, 0.15) is 19.6 Å². The van der Waals surface area contributed by atoms with Gasteiger partial charge in [0.25, 0.3) is 0 Å². The Hall–Kier alpha value is -1.94. The van der Waals surface area contributed by atoms with Crippen LogP contribution >= 0.6 is 0 Å². The average molecular weight is 346 g/mol. The first kappa shape index (κ1) is 16.5. The molecule has 3 aliphatic heterocycles. The van der Waals surface area contributed by atoms with Gasteiger partial charge in [-0.25, -0.2) is 0 Å². The molecular weight excluding hydrogens is 320 g/mol. The largest absolute Gasteiger partial charge is 0.492 e. The Balaban J connectivity index is 1.63. The van der Waals surface area contributed by atoms with Crippen LogP contribution in [-0.4, -0.2) is 60.3 Å². The molecule has 0 saturated carbocycles. The third-order valence-corrected chi connectivity index (χ3v) is 5.30. The number of hydrogen-bond acceptors (Lipinski definition) is 4. The van der Waals surface area contributed by atoms with Crippen molar-refractivity contribution in [2.75, 3.05) is 60.3 Å². The molecule has 3 aliphatic rings. The van der Waals surface area contributed by atoms with Crippen molar-refractivity contribution in [1.29, 1.82) is 0 Å². The SMILES string of the molecule is COc1c2c(cc3c1[C@H](C#CC[NH+]1CCOCC1)[NH+](C)CC3)OCO2. The number of nitrogens with one attached hydrogen (secondary N) is 2. The summed E-state index contributed by atoms with van der Waals surface area (Å²) in [6.07, 6.45) is 1.00. The molecule has 0 spiro atoms. The van der Waals surface area contributed by atoms with Crippen LogP contribution in [0.3, 0.4) is 0 Å². The Bertz CT molecular complexity index is 704. The maximum absolute atomic E-state index is 5.72. The van der Waals surface area contributed by atoms with Crippen LogP contribution in [0.1, 0.15) is 17.2 Å². The number of methoxy groups -OCH3 is 1. The molecule has 0 amide bonds. The molecule has 0 bridgehead atoms. The molecule has 2 N–H and O–H groups in total. The first-order chi connectivity index (χ1) is 12.3. The lowest BCUT2D eigenvalue weighted by atomic mass is 9.91. The van der Waals surface area contributed by atoms with E-state index in [9.17, 15) is 0 Å². The van der Waals surface area contributed by atoms with Gasteiger partial charge in [-0.1, -0.05) is 0 Å². The van der Waals surface area contributed by atoms with Crippen LogP contribution in [0, 0.1) is 11.8 Å². The van der Waals surface area contributed by atoms with E-state index < -0.39 is 0 Å². The highest BCUT2D eigenvalue weighted by Gasteiger charge is 2.35.